The minimum absolute atomic E-state index is 0.683. The van der Waals surface area contributed by atoms with Crippen LogP contribution in [0.15, 0.2) is 58.2 Å². The zero-order valence-electron chi connectivity index (χ0n) is 14.2. The van der Waals surface area contributed by atoms with E-state index >= 15 is 0 Å². The van der Waals surface area contributed by atoms with Gasteiger partial charge in [0.1, 0.15) is 11.0 Å². The number of anilines is 2. The van der Waals surface area contributed by atoms with Crippen LogP contribution in [0.3, 0.4) is 0 Å². The average molecular weight is 354 g/mol. The zero-order chi connectivity index (χ0) is 17.7. The van der Waals surface area contributed by atoms with E-state index < -0.39 is 9.07 Å². The highest BCUT2D eigenvalue weighted by Crippen LogP contribution is 2.32. The molecule has 6 nitrogen and oxygen atoms in total. The number of nitrogens with one attached hydrogen (secondary N) is 1. The van der Waals surface area contributed by atoms with Crippen LogP contribution in [-0.2, 0) is 9.07 Å². The van der Waals surface area contributed by atoms with Gasteiger partial charge in [0, 0.05) is 27.9 Å². The number of fused-ring (bicyclic) bond motifs is 2. The van der Waals surface area contributed by atoms with Crippen LogP contribution in [0.5, 0.6) is 0 Å². The van der Waals surface area contributed by atoms with Gasteiger partial charge in [0.05, 0.1) is 5.52 Å². The number of nitrogens with zero attached hydrogens (tertiary/aromatic N) is 3. The van der Waals surface area contributed by atoms with E-state index in [-0.39, 0.29) is 0 Å². The number of benzene rings is 2. The van der Waals surface area contributed by atoms with Gasteiger partial charge in [-0.05, 0) is 71.5 Å². The number of rotatable bonds is 3. The lowest BCUT2D eigenvalue weighted by Crippen LogP contribution is -2.27. The predicted octanol–water partition coefficient (Wildman–Crippen LogP) is 3.58. The maximum atomic E-state index is 13.0. The molecule has 0 amide bonds. The van der Waals surface area contributed by atoms with Crippen molar-refractivity contribution in [2.45, 2.75) is 4.90 Å². The normalized spacial score (nSPS) is 13.6. The topological polar surface area (TPSA) is 80.9 Å². The first kappa shape index (κ1) is 15.7. The van der Waals surface area contributed by atoms with Crippen molar-refractivity contribution in [2.24, 2.45) is 0 Å². The second kappa shape index (κ2) is 5.10. The smallest absolute Gasteiger partial charge is 0.137 e. The van der Waals surface area contributed by atoms with Gasteiger partial charge in [-0.1, -0.05) is 9.07 Å². The third-order valence-electron chi connectivity index (χ3n) is 4.05. The largest absolute Gasteiger partial charge is 0.355 e. The minimum atomic E-state index is -2.84. The molecule has 0 atom stereocenters. The molecule has 25 heavy (non-hydrogen) atoms. The summed E-state index contributed by atoms with van der Waals surface area (Å²) in [7, 11) is -2.84. The van der Waals surface area contributed by atoms with Gasteiger partial charge in [-0.15, -0.1) is 0 Å². The highest BCUT2D eigenvalue weighted by Gasteiger charge is 2.21. The van der Waals surface area contributed by atoms with Gasteiger partial charge in [0.25, 0.3) is 0 Å². The molecule has 0 saturated carbocycles. The molecule has 2 heterocycles. The standard InChI is InChI=1S/C18H18N4O2S/c1-25(2,3,23)13-5-7-15-14(11-13)16(8-9-19-15)20-12-4-6-17-18(10-12)22-24-21-17/h4-11H,1-3H3,(H,19,20). The average Bonchev–Trinajstić information content (AvgIpc) is 3.01. The minimum Gasteiger partial charge on any atom is -0.355 e. The lowest BCUT2D eigenvalue weighted by atomic mass is 10.1. The Hall–Kier alpha value is -2.80. The molecule has 4 aromatic rings. The van der Waals surface area contributed by atoms with Crippen LogP contribution in [0.25, 0.3) is 21.9 Å². The predicted molar refractivity (Wildman–Crippen MR) is 101 cm³/mol. The Kier molecular flexibility index (Phi) is 3.20. The van der Waals surface area contributed by atoms with Crippen LogP contribution in [-0.4, -0.2) is 38.3 Å². The van der Waals surface area contributed by atoms with Crippen molar-refractivity contribution < 1.29 is 8.84 Å². The summed E-state index contributed by atoms with van der Waals surface area (Å²) in [6.07, 6.45) is 7.10. The van der Waals surface area contributed by atoms with Gasteiger partial charge in [-0.2, -0.15) is 0 Å². The molecule has 4 rings (SSSR count). The van der Waals surface area contributed by atoms with Crippen molar-refractivity contribution in [2.75, 3.05) is 24.1 Å². The lowest BCUT2D eigenvalue weighted by molar-refractivity contribution is 0.315. The second-order valence-electron chi connectivity index (χ2n) is 7.05. The van der Waals surface area contributed by atoms with E-state index in [9.17, 15) is 4.21 Å². The Morgan fingerprint density at radius 2 is 1.68 bits per heavy atom. The molecule has 0 aliphatic carbocycles. The van der Waals surface area contributed by atoms with Crippen LogP contribution in [0, 0.1) is 0 Å². The molecule has 0 unspecified atom stereocenters. The molecule has 2 aromatic heterocycles. The Morgan fingerprint density at radius 1 is 0.920 bits per heavy atom. The molecule has 2 aromatic carbocycles. The molecule has 0 saturated heterocycles. The van der Waals surface area contributed by atoms with Crippen LogP contribution < -0.4 is 5.32 Å². The van der Waals surface area contributed by atoms with Gasteiger partial charge in [-0.25, -0.2) is 4.63 Å². The van der Waals surface area contributed by atoms with Gasteiger partial charge in [0.2, 0.25) is 0 Å². The van der Waals surface area contributed by atoms with Crippen LogP contribution in [0.2, 0.25) is 0 Å². The molecular weight excluding hydrogens is 336 g/mol. The molecule has 0 radical (unpaired) electrons. The molecule has 7 heteroatoms. The number of aromatic nitrogens is 3. The third-order valence-corrected chi connectivity index (χ3v) is 5.91. The van der Waals surface area contributed by atoms with Crippen molar-refractivity contribution in [3.05, 3.63) is 48.7 Å². The summed E-state index contributed by atoms with van der Waals surface area (Å²) in [6.45, 7) is 0. The summed E-state index contributed by atoms with van der Waals surface area (Å²) in [5.74, 6) is 0. The maximum Gasteiger partial charge on any atom is 0.137 e. The monoisotopic (exact) mass is 354 g/mol. The SMILES string of the molecule is CS(C)(C)(=O)c1ccc2nccc(Nc3ccc4nonc4c3)c2c1. The van der Waals surface area contributed by atoms with E-state index in [0.717, 1.165) is 27.2 Å². The molecule has 1 N–H and O–H groups in total. The van der Waals surface area contributed by atoms with Gasteiger partial charge < -0.3 is 5.32 Å². The summed E-state index contributed by atoms with van der Waals surface area (Å²) in [4.78, 5) is 5.22. The molecule has 0 aliphatic rings. The van der Waals surface area contributed by atoms with E-state index in [1.807, 2.05) is 42.5 Å². The summed E-state index contributed by atoms with van der Waals surface area (Å²) >= 11 is 0. The zero-order valence-corrected chi connectivity index (χ0v) is 15.0. The maximum absolute atomic E-state index is 13.0. The summed E-state index contributed by atoms with van der Waals surface area (Å²) in [6, 6.07) is 13.3. The molecule has 0 aliphatic heterocycles. The van der Waals surface area contributed by atoms with Gasteiger partial charge >= 0.3 is 0 Å². The van der Waals surface area contributed by atoms with Crippen LogP contribution in [0.1, 0.15) is 0 Å². The van der Waals surface area contributed by atoms with Crippen molar-refractivity contribution in [3.8, 4) is 0 Å². The molecule has 0 fully saturated rings. The molecule has 0 spiro atoms. The van der Waals surface area contributed by atoms with E-state index in [4.69, 9.17) is 4.63 Å². The third kappa shape index (κ3) is 2.98. The second-order valence-corrected chi connectivity index (χ2v) is 12.4. The van der Waals surface area contributed by atoms with E-state index in [0.29, 0.717) is 11.0 Å². The summed E-state index contributed by atoms with van der Waals surface area (Å²) in [5.41, 5.74) is 3.98. The van der Waals surface area contributed by atoms with Crippen molar-refractivity contribution in [1.82, 2.24) is 15.3 Å². The number of hydrogen-bond acceptors (Lipinski definition) is 6. The summed E-state index contributed by atoms with van der Waals surface area (Å²) < 4.78 is 17.7. The molecular formula is C18H18N4O2S. The van der Waals surface area contributed by atoms with Gasteiger partial charge in [0.15, 0.2) is 0 Å². The van der Waals surface area contributed by atoms with Crippen molar-refractivity contribution >= 4 is 42.4 Å². The fourth-order valence-electron chi connectivity index (χ4n) is 2.68. The first-order valence-corrected chi connectivity index (χ1v) is 10.9. The van der Waals surface area contributed by atoms with Crippen LogP contribution in [0.4, 0.5) is 11.4 Å². The first-order valence-electron chi connectivity index (χ1n) is 7.74. The van der Waals surface area contributed by atoms with Crippen LogP contribution >= 0.6 is 0 Å². The highest BCUT2D eigenvalue weighted by molar-refractivity contribution is 8.18. The van der Waals surface area contributed by atoms with E-state index in [2.05, 4.69) is 20.6 Å². The Bertz CT molecular complexity index is 1170. The van der Waals surface area contributed by atoms with E-state index in [1.165, 1.54) is 0 Å². The fourth-order valence-corrected chi connectivity index (χ4v) is 3.73. The first-order chi connectivity index (χ1) is 11.8. The van der Waals surface area contributed by atoms with Gasteiger partial charge in [-0.3, -0.25) is 9.19 Å². The Morgan fingerprint density at radius 3 is 2.48 bits per heavy atom. The molecule has 0 bridgehead atoms. The van der Waals surface area contributed by atoms with Crippen molar-refractivity contribution in [1.29, 1.82) is 0 Å². The van der Waals surface area contributed by atoms with Crippen molar-refractivity contribution in [3.63, 3.8) is 0 Å². The number of hydrogen-bond donors (Lipinski definition) is 1. The quantitative estimate of drug-likeness (QED) is 0.606. The van der Waals surface area contributed by atoms with E-state index in [1.54, 1.807) is 25.0 Å². The fraction of sp³-hybridized carbons (Fsp3) is 0.167. The lowest BCUT2D eigenvalue weighted by Gasteiger charge is -2.29. The number of pyridine rings is 1. The Labute approximate surface area is 144 Å². The molecule has 128 valence electrons. The highest BCUT2D eigenvalue weighted by atomic mass is 32.3. The summed E-state index contributed by atoms with van der Waals surface area (Å²) in [5, 5.41) is 12.0. The Balaban J connectivity index is 1.83.